The lowest BCUT2D eigenvalue weighted by Gasteiger charge is -2.05. The minimum atomic E-state index is 1.15. The van der Waals surface area contributed by atoms with Gasteiger partial charge in [-0.3, -0.25) is 9.97 Å². The first kappa shape index (κ1) is 12.5. The van der Waals surface area contributed by atoms with E-state index in [2.05, 4.69) is 60.2 Å². The van der Waals surface area contributed by atoms with Crippen LogP contribution in [0, 0.1) is 13.8 Å². The molecule has 2 heteroatoms. The summed E-state index contributed by atoms with van der Waals surface area (Å²) in [6.07, 6.45) is 7.54. The normalized spacial score (nSPS) is 10.5. The first-order valence-corrected chi connectivity index (χ1v) is 6.66. The van der Waals surface area contributed by atoms with Crippen LogP contribution in [0.5, 0.6) is 0 Å². The van der Waals surface area contributed by atoms with Gasteiger partial charge in [0, 0.05) is 35.9 Å². The van der Waals surface area contributed by atoms with Gasteiger partial charge in [0.2, 0.25) is 0 Å². The molecular formula is C18H16N2. The number of rotatable bonds is 2. The fourth-order valence-electron chi connectivity index (χ4n) is 2.28. The van der Waals surface area contributed by atoms with Crippen molar-refractivity contribution in [3.8, 4) is 22.3 Å². The van der Waals surface area contributed by atoms with Gasteiger partial charge in [-0.25, -0.2) is 0 Å². The quantitative estimate of drug-likeness (QED) is 0.681. The van der Waals surface area contributed by atoms with E-state index >= 15 is 0 Å². The van der Waals surface area contributed by atoms with Crippen LogP contribution in [0.1, 0.15) is 11.1 Å². The molecule has 0 saturated carbocycles. The first-order chi connectivity index (χ1) is 9.72. The molecule has 0 aliphatic rings. The van der Waals surface area contributed by atoms with E-state index in [1.165, 1.54) is 22.3 Å². The highest BCUT2D eigenvalue weighted by molar-refractivity contribution is 5.70. The number of hydrogen-bond donors (Lipinski definition) is 0. The average Bonchev–Trinajstić information content (AvgIpc) is 2.47. The fourth-order valence-corrected chi connectivity index (χ4v) is 2.28. The van der Waals surface area contributed by atoms with E-state index in [1.54, 1.807) is 0 Å². The molecular weight excluding hydrogens is 244 g/mol. The standard InChI is InChI=1S/C18H16N2/c1-13-7-17(11-19-9-13)15-3-5-16(6-4-15)18-8-14(2)10-20-12-18/h3-12H,1-2H3. The third kappa shape index (κ3) is 2.59. The van der Waals surface area contributed by atoms with E-state index < -0.39 is 0 Å². The van der Waals surface area contributed by atoms with Crippen molar-refractivity contribution in [2.75, 3.05) is 0 Å². The maximum Gasteiger partial charge on any atom is 0.0346 e. The smallest absolute Gasteiger partial charge is 0.0346 e. The molecule has 0 aliphatic carbocycles. The van der Waals surface area contributed by atoms with Crippen molar-refractivity contribution in [1.29, 1.82) is 0 Å². The maximum absolute atomic E-state index is 4.24. The van der Waals surface area contributed by atoms with Gasteiger partial charge in [-0.15, -0.1) is 0 Å². The van der Waals surface area contributed by atoms with Gasteiger partial charge in [-0.1, -0.05) is 24.3 Å². The largest absolute Gasteiger partial charge is 0.264 e. The van der Waals surface area contributed by atoms with Crippen molar-refractivity contribution in [1.82, 2.24) is 9.97 Å². The Kier molecular flexibility index (Phi) is 3.30. The summed E-state index contributed by atoms with van der Waals surface area (Å²) in [5.41, 5.74) is 7.03. The lowest BCUT2D eigenvalue weighted by Crippen LogP contribution is -1.84. The fraction of sp³-hybridized carbons (Fsp3) is 0.111. The zero-order valence-corrected chi connectivity index (χ0v) is 11.7. The summed E-state index contributed by atoms with van der Waals surface area (Å²) in [5.74, 6) is 0. The van der Waals surface area contributed by atoms with E-state index in [-0.39, 0.29) is 0 Å². The molecule has 0 saturated heterocycles. The highest BCUT2D eigenvalue weighted by Crippen LogP contribution is 2.24. The van der Waals surface area contributed by atoms with E-state index in [0.29, 0.717) is 0 Å². The minimum Gasteiger partial charge on any atom is -0.264 e. The van der Waals surface area contributed by atoms with Crippen LogP contribution in [0.25, 0.3) is 22.3 Å². The molecule has 0 radical (unpaired) electrons. The summed E-state index contributed by atoms with van der Waals surface area (Å²) >= 11 is 0. The molecule has 98 valence electrons. The molecule has 0 unspecified atom stereocenters. The lowest BCUT2D eigenvalue weighted by atomic mass is 10.0. The molecule has 0 spiro atoms. The van der Waals surface area contributed by atoms with Crippen LogP contribution in [0.2, 0.25) is 0 Å². The Morgan fingerprint density at radius 2 is 0.950 bits per heavy atom. The number of aromatic nitrogens is 2. The Morgan fingerprint density at radius 3 is 1.30 bits per heavy atom. The molecule has 0 atom stereocenters. The summed E-state index contributed by atoms with van der Waals surface area (Å²) in [6.45, 7) is 4.12. The van der Waals surface area contributed by atoms with Crippen molar-refractivity contribution >= 4 is 0 Å². The van der Waals surface area contributed by atoms with Crippen LogP contribution < -0.4 is 0 Å². The van der Waals surface area contributed by atoms with Crippen molar-refractivity contribution < 1.29 is 0 Å². The molecule has 2 nitrogen and oxygen atoms in total. The van der Waals surface area contributed by atoms with Crippen molar-refractivity contribution in [2.24, 2.45) is 0 Å². The third-order valence-corrected chi connectivity index (χ3v) is 3.30. The van der Waals surface area contributed by atoms with Gasteiger partial charge in [0.05, 0.1) is 0 Å². The van der Waals surface area contributed by atoms with Gasteiger partial charge in [0.1, 0.15) is 0 Å². The molecule has 0 fully saturated rings. The monoisotopic (exact) mass is 260 g/mol. The predicted molar refractivity (Wildman–Crippen MR) is 82.4 cm³/mol. The Morgan fingerprint density at radius 1 is 0.550 bits per heavy atom. The molecule has 2 heterocycles. The number of nitrogens with zero attached hydrogens (tertiary/aromatic N) is 2. The van der Waals surface area contributed by atoms with E-state index in [0.717, 1.165) is 11.1 Å². The van der Waals surface area contributed by atoms with Gasteiger partial charge in [0.25, 0.3) is 0 Å². The number of aryl methyl sites for hydroxylation is 2. The average molecular weight is 260 g/mol. The van der Waals surface area contributed by atoms with Crippen LogP contribution in [-0.4, -0.2) is 9.97 Å². The van der Waals surface area contributed by atoms with Gasteiger partial charge >= 0.3 is 0 Å². The second kappa shape index (κ2) is 5.25. The Labute approximate surface area is 119 Å². The summed E-state index contributed by atoms with van der Waals surface area (Å²) in [5, 5.41) is 0. The summed E-state index contributed by atoms with van der Waals surface area (Å²) in [6, 6.07) is 12.8. The van der Waals surface area contributed by atoms with Crippen LogP contribution in [0.4, 0.5) is 0 Å². The van der Waals surface area contributed by atoms with Crippen LogP contribution in [0.15, 0.2) is 61.2 Å². The molecule has 0 bridgehead atoms. The van der Waals surface area contributed by atoms with Crippen molar-refractivity contribution in [3.63, 3.8) is 0 Å². The predicted octanol–water partition coefficient (Wildman–Crippen LogP) is 4.43. The van der Waals surface area contributed by atoms with Crippen molar-refractivity contribution in [2.45, 2.75) is 13.8 Å². The molecule has 1 aromatic carbocycles. The molecule has 0 aliphatic heterocycles. The minimum absolute atomic E-state index is 1.15. The van der Waals surface area contributed by atoms with Gasteiger partial charge in [-0.05, 0) is 48.2 Å². The SMILES string of the molecule is Cc1cncc(-c2ccc(-c3cncc(C)c3)cc2)c1. The second-order valence-corrected chi connectivity index (χ2v) is 5.08. The second-order valence-electron chi connectivity index (χ2n) is 5.08. The van der Waals surface area contributed by atoms with Gasteiger partial charge in [0.15, 0.2) is 0 Å². The van der Waals surface area contributed by atoms with Gasteiger partial charge < -0.3 is 0 Å². The third-order valence-electron chi connectivity index (χ3n) is 3.30. The van der Waals surface area contributed by atoms with Crippen molar-refractivity contribution in [3.05, 3.63) is 72.3 Å². The highest BCUT2D eigenvalue weighted by Gasteiger charge is 2.01. The zero-order valence-electron chi connectivity index (χ0n) is 11.7. The maximum atomic E-state index is 4.24. The number of hydrogen-bond acceptors (Lipinski definition) is 2. The number of pyridine rings is 2. The summed E-state index contributed by atoms with van der Waals surface area (Å²) in [7, 11) is 0. The van der Waals surface area contributed by atoms with Gasteiger partial charge in [-0.2, -0.15) is 0 Å². The van der Waals surface area contributed by atoms with E-state index in [9.17, 15) is 0 Å². The van der Waals surface area contributed by atoms with E-state index in [4.69, 9.17) is 0 Å². The number of benzene rings is 1. The molecule has 2 aromatic heterocycles. The topological polar surface area (TPSA) is 25.8 Å². The van der Waals surface area contributed by atoms with Crippen LogP contribution in [-0.2, 0) is 0 Å². The Hall–Kier alpha value is -2.48. The van der Waals surface area contributed by atoms with E-state index in [1.807, 2.05) is 24.8 Å². The summed E-state index contributed by atoms with van der Waals surface area (Å²) < 4.78 is 0. The molecule has 3 aromatic rings. The molecule has 0 amide bonds. The Balaban J connectivity index is 1.96. The summed E-state index contributed by atoms with van der Waals surface area (Å²) in [4.78, 5) is 8.49. The first-order valence-electron chi connectivity index (χ1n) is 6.66. The molecule has 20 heavy (non-hydrogen) atoms. The lowest BCUT2D eigenvalue weighted by molar-refractivity contribution is 1.27. The highest BCUT2D eigenvalue weighted by atomic mass is 14.6. The molecule has 0 N–H and O–H groups in total. The molecule has 3 rings (SSSR count). The van der Waals surface area contributed by atoms with Crippen LogP contribution in [0.3, 0.4) is 0 Å². The zero-order chi connectivity index (χ0) is 13.9. The van der Waals surface area contributed by atoms with Crippen LogP contribution >= 0.6 is 0 Å². The Bertz CT molecular complexity index is 666.